The quantitative estimate of drug-likeness (QED) is 0.334. The SMILES string of the molecule is C[C@H](NC(=O)Nc1cc(Oc2ccc(C(F)(F)F)cn2)c(Cl)cc1Cl)c1ncnn1-c1ncccn1. The third kappa shape index (κ3) is 5.80. The molecular weight excluding hydrogens is 524 g/mol. The number of pyridine rings is 1. The summed E-state index contributed by atoms with van der Waals surface area (Å²) in [4.78, 5) is 28.6. The molecule has 1 atom stereocenters. The van der Waals surface area contributed by atoms with Crippen molar-refractivity contribution in [1.29, 1.82) is 0 Å². The lowest BCUT2D eigenvalue weighted by molar-refractivity contribution is -0.137. The molecule has 4 rings (SSSR count). The Balaban J connectivity index is 1.46. The van der Waals surface area contributed by atoms with Crippen molar-refractivity contribution in [2.75, 3.05) is 5.32 Å². The second-order valence-electron chi connectivity index (χ2n) is 7.15. The Morgan fingerprint density at radius 2 is 1.83 bits per heavy atom. The van der Waals surface area contributed by atoms with E-state index >= 15 is 0 Å². The number of carbonyl (C=O) groups is 1. The molecule has 1 aromatic carbocycles. The summed E-state index contributed by atoms with van der Waals surface area (Å²) in [6, 6.07) is 4.88. The number of amides is 2. The molecule has 0 saturated carbocycles. The van der Waals surface area contributed by atoms with Gasteiger partial charge in [-0.15, -0.1) is 0 Å². The molecule has 15 heteroatoms. The molecule has 0 radical (unpaired) electrons. The molecule has 0 saturated heterocycles. The number of carbonyl (C=O) groups excluding carboxylic acids is 1. The maximum atomic E-state index is 12.7. The Morgan fingerprint density at radius 3 is 2.50 bits per heavy atom. The van der Waals surface area contributed by atoms with E-state index in [-0.39, 0.29) is 33.3 Å². The predicted octanol–water partition coefficient (Wildman–Crippen LogP) is 5.45. The first-order valence-corrected chi connectivity index (χ1v) is 10.8. The lowest BCUT2D eigenvalue weighted by Gasteiger charge is -2.16. The molecule has 4 aromatic rings. The van der Waals surface area contributed by atoms with E-state index in [2.05, 4.69) is 35.7 Å². The normalized spacial score (nSPS) is 12.2. The minimum Gasteiger partial charge on any atom is -0.437 e. The molecule has 2 N–H and O–H groups in total. The van der Waals surface area contributed by atoms with Crippen LogP contribution in [0, 0.1) is 0 Å². The largest absolute Gasteiger partial charge is 0.437 e. The van der Waals surface area contributed by atoms with Crippen molar-refractivity contribution < 1.29 is 22.7 Å². The van der Waals surface area contributed by atoms with E-state index in [0.717, 1.165) is 12.1 Å². The van der Waals surface area contributed by atoms with E-state index in [1.165, 1.54) is 23.1 Å². The molecule has 10 nitrogen and oxygen atoms in total. The van der Waals surface area contributed by atoms with Gasteiger partial charge in [-0.2, -0.15) is 23.0 Å². The second kappa shape index (κ2) is 10.3. The Morgan fingerprint density at radius 1 is 1.08 bits per heavy atom. The molecule has 0 bridgehead atoms. The highest BCUT2D eigenvalue weighted by Gasteiger charge is 2.30. The molecular formula is C21H15Cl2F3N8O2. The van der Waals surface area contributed by atoms with Gasteiger partial charge >= 0.3 is 12.2 Å². The van der Waals surface area contributed by atoms with Crippen LogP contribution >= 0.6 is 23.2 Å². The van der Waals surface area contributed by atoms with Gasteiger partial charge in [0.25, 0.3) is 5.95 Å². The summed E-state index contributed by atoms with van der Waals surface area (Å²) in [6.45, 7) is 1.68. The van der Waals surface area contributed by atoms with Gasteiger partial charge in [0.1, 0.15) is 12.1 Å². The fourth-order valence-electron chi connectivity index (χ4n) is 2.94. The summed E-state index contributed by atoms with van der Waals surface area (Å²) in [5, 5.41) is 9.49. The van der Waals surface area contributed by atoms with Crippen LogP contribution < -0.4 is 15.4 Å². The summed E-state index contributed by atoms with van der Waals surface area (Å²) in [6.07, 6.45) is 0.484. The zero-order chi connectivity index (χ0) is 25.9. The topological polar surface area (TPSA) is 120 Å². The van der Waals surface area contributed by atoms with Gasteiger partial charge in [-0.25, -0.2) is 24.7 Å². The molecule has 0 aliphatic rings. The lowest BCUT2D eigenvalue weighted by atomic mass is 10.2. The summed E-state index contributed by atoms with van der Waals surface area (Å²) >= 11 is 12.3. The van der Waals surface area contributed by atoms with Crippen LogP contribution in [0.25, 0.3) is 5.95 Å². The number of halogens is 5. The zero-order valence-electron chi connectivity index (χ0n) is 18.2. The Bertz CT molecular complexity index is 1370. The Labute approximate surface area is 211 Å². The summed E-state index contributed by atoms with van der Waals surface area (Å²) in [5.41, 5.74) is -0.805. The number of benzene rings is 1. The van der Waals surface area contributed by atoms with Crippen molar-refractivity contribution in [3.63, 3.8) is 0 Å². The van der Waals surface area contributed by atoms with Crippen LogP contribution in [0.2, 0.25) is 10.0 Å². The third-order valence-corrected chi connectivity index (χ3v) is 5.21. The zero-order valence-corrected chi connectivity index (χ0v) is 19.7. The van der Waals surface area contributed by atoms with Crippen molar-refractivity contribution in [2.45, 2.75) is 19.1 Å². The standard InChI is InChI=1S/C21H15Cl2F3N8O2/c1-11(18-30-10-31-34(18)19-27-5-2-6-28-19)32-20(35)33-15-8-16(14(23)7-13(15)22)36-17-4-3-12(9-29-17)21(24,25)26/h2-11H,1H3,(H2,32,33,35)/t11-/m0/s1. The summed E-state index contributed by atoms with van der Waals surface area (Å²) in [5.74, 6) is 0.519. The van der Waals surface area contributed by atoms with Crippen LogP contribution in [0.1, 0.15) is 24.4 Å². The number of nitrogens with one attached hydrogen (secondary N) is 2. The molecule has 0 fully saturated rings. The molecule has 0 aliphatic carbocycles. The number of hydrogen-bond donors (Lipinski definition) is 2. The van der Waals surface area contributed by atoms with E-state index in [4.69, 9.17) is 27.9 Å². The number of nitrogens with zero attached hydrogens (tertiary/aromatic N) is 6. The van der Waals surface area contributed by atoms with Gasteiger partial charge in [-0.3, -0.25) is 0 Å². The van der Waals surface area contributed by atoms with Crippen molar-refractivity contribution in [2.24, 2.45) is 0 Å². The predicted molar refractivity (Wildman–Crippen MR) is 123 cm³/mol. The number of alkyl halides is 3. The summed E-state index contributed by atoms with van der Waals surface area (Å²) in [7, 11) is 0. The van der Waals surface area contributed by atoms with Crippen LogP contribution in [0.15, 0.2) is 55.2 Å². The van der Waals surface area contributed by atoms with Crippen molar-refractivity contribution in [1.82, 2.24) is 35.0 Å². The molecule has 0 unspecified atom stereocenters. The van der Waals surface area contributed by atoms with Gasteiger partial charge in [0.05, 0.1) is 27.3 Å². The van der Waals surface area contributed by atoms with Crippen LogP contribution in [0.3, 0.4) is 0 Å². The Hall–Kier alpha value is -3.97. The van der Waals surface area contributed by atoms with Gasteiger partial charge < -0.3 is 15.4 Å². The van der Waals surface area contributed by atoms with Crippen LogP contribution in [-0.4, -0.2) is 35.7 Å². The number of urea groups is 1. The van der Waals surface area contributed by atoms with E-state index in [9.17, 15) is 18.0 Å². The van der Waals surface area contributed by atoms with Gasteiger partial charge in [-0.1, -0.05) is 23.2 Å². The van der Waals surface area contributed by atoms with Crippen molar-refractivity contribution in [3.8, 4) is 17.6 Å². The summed E-state index contributed by atoms with van der Waals surface area (Å²) < 4.78 is 45.1. The minimum absolute atomic E-state index is 0.0117. The van der Waals surface area contributed by atoms with E-state index in [1.54, 1.807) is 25.4 Å². The molecule has 0 aliphatic heterocycles. The highest BCUT2D eigenvalue weighted by Crippen LogP contribution is 2.37. The third-order valence-electron chi connectivity index (χ3n) is 4.60. The first kappa shape index (κ1) is 25.1. The van der Waals surface area contributed by atoms with Gasteiger partial charge in [-0.05, 0) is 25.1 Å². The van der Waals surface area contributed by atoms with E-state index < -0.39 is 23.8 Å². The molecule has 36 heavy (non-hydrogen) atoms. The number of rotatable bonds is 6. The minimum atomic E-state index is -4.54. The van der Waals surface area contributed by atoms with Crippen LogP contribution in [0.5, 0.6) is 11.6 Å². The van der Waals surface area contributed by atoms with Crippen LogP contribution in [0.4, 0.5) is 23.7 Å². The number of aromatic nitrogens is 6. The average molecular weight is 539 g/mol. The number of ether oxygens (including phenoxy) is 1. The van der Waals surface area contributed by atoms with E-state index in [1.807, 2.05) is 0 Å². The molecule has 3 heterocycles. The highest BCUT2D eigenvalue weighted by molar-refractivity contribution is 6.37. The van der Waals surface area contributed by atoms with Gasteiger partial charge in [0.15, 0.2) is 5.82 Å². The average Bonchev–Trinajstić information content (AvgIpc) is 3.33. The smallest absolute Gasteiger partial charge is 0.417 e. The fraction of sp³-hybridized carbons (Fsp3) is 0.143. The lowest BCUT2D eigenvalue weighted by Crippen LogP contribution is -2.32. The molecule has 2 amide bonds. The molecule has 0 spiro atoms. The maximum absolute atomic E-state index is 12.7. The Kier molecular flexibility index (Phi) is 7.22. The van der Waals surface area contributed by atoms with Crippen molar-refractivity contribution >= 4 is 34.9 Å². The van der Waals surface area contributed by atoms with Gasteiger partial charge in [0, 0.05) is 30.7 Å². The molecule has 3 aromatic heterocycles. The maximum Gasteiger partial charge on any atom is 0.417 e. The first-order chi connectivity index (χ1) is 17.1. The van der Waals surface area contributed by atoms with Gasteiger partial charge in [0.2, 0.25) is 5.88 Å². The molecule has 186 valence electrons. The van der Waals surface area contributed by atoms with Crippen LogP contribution in [-0.2, 0) is 6.18 Å². The monoisotopic (exact) mass is 538 g/mol. The highest BCUT2D eigenvalue weighted by atomic mass is 35.5. The fourth-order valence-corrected chi connectivity index (χ4v) is 3.41. The van der Waals surface area contributed by atoms with E-state index in [0.29, 0.717) is 12.0 Å². The first-order valence-electron chi connectivity index (χ1n) is 10.1. The second-order valence-corrected chi connectivity index (χ2v) is 7.96. The number of anilines is 1. The number of hydrogen-bond acceptors (Lipinski definition) is 7. The van der Waals surface area contributed by atoms with Crippen molar-refractivity contribution in [3.05, 3.63) is 76.7 Å².